The minimum atomic E-state index is -1.04. The second kappa shape index (κ2) is 9.43. The molecule has 0 spiro atoms. The lowest BCUT2D eigenvalue weighted by atomic mass is 10.0. The Morgan fingerprint density at radius 1 is 1.00 bits per heavy atom. The second-order valence-electron chi connectivity index (χ2n) is 9.27. The first-order valence-corrected chi connectivity index (χ1v) is 12.0. The summed E-state index contributed by atoms with van der Waals surface area (Å²) in [6.07, 6.45) is 6.97. The maximum atomic E-state index is 13.0. The highest BCUT2D eigenvalue weighted by molar-refractivity contribution is 6.32. The van der Waals surface area contributed by atoms with Gasteiger partial charge in [-0.05, 0) is 87.7 Å². The highest BCUT2D eigenvalue weighted by Gasteiger charge is 2.29. The lowest BCUT2D eigenvalue weighted by Gasteiger charge is -2.37. The van der Waals surface area contributed by atoms with Crippen molar-refractivity contribution in [2.24, 2.45) is 5.10 Å². The number of carbonyl (C=O) groups excluding carboxylic acids is 1. The maximum Gasteiger partial charge on any atom is 0.335 e. The molecule has 2 aromatic carbocycles. The maximum absolute atomic E-state index is 13.0. The van der Waals surface area contributed by atoms with E-state index in [9.17, 15) is 14.7 Å². The smallest absolute Gasteiger partial charge is 0.335 e. The average molecular weight is 459 g/mol. The number of likely N-dealkylation sites (tertiary alicyclic amines) is 1. The van der Waals surface area contributed by atoms with Gasteiger partial charge in [-0.25, -0.2) is 4.79 Å². The third-order valence-electron chi connectivity index (χ3n) is 7.09. The van der Waals surface area contributed by atoms with Gasteiger partial charge in [-0.2, -0.15) is 10.1 Å². The van der Waals surface area contributed by atoms with Crippen molar-refractivity contribution >= 4 is 35.0 Å². The molecule has 7 heteroatoms. The number of carbonyl (C=O) groups is 2. The Balaban J connectivity index is 1.26. The monoisotopic (exact) mass is 458 g/mol. The molecule has 2 fully saturated rings. The summed E-state index contributed by atoms with van der Waals surface area (Å²) in [4.78, 5) is 29.4. The molecule has 3 heterocycles. The van der Waals surface area contributed by atoms with Crippen LogP contribution in [0.1, 0.15) is 48.5 Å². The minimum absolute atomic E-state index is 0.121. The van der Waals surface area contributed by atoms with Crippen LogP contribution in [0.25, 0.3) is 6.08 Å². The predicted molar refractivity (Wildman–Crippen MR) is 134 cm³/mol. The van der Waals surface area contributed by atoms with Crippen molar-refractivity contribution in [1.82, 2.24) is 4.90 Å². The van der Waals surface area contributed by atoms with Crippen LogP contribution in [0.5, 0.6) is 0 Å². The highest BCUT2D eigenvalue weighted by Crippen LogP contribution is 2.28. The predicted octanol–water partition coefficient (Wildman–Crippen LogP) is 4.26. The summed E-state index contributed by atoms with van der Waals surface area (Å²) in [5, 5.41) is 14.9. The van der Waals surface area contributed by atoms with Gasteiger partial charge in [0, 0.05) is 24.8 Å². The number of hydrogen-bond donors (Lipinski definition) is 1. The second-order valence-corrected chi connectivity index (χ2v) is 9.27. The van der Waals surface area contributed by atoms with Gasteiger partial charge >= 0.3 is 5.97 Å². The molecule has 34 heavy (non-hydrogen) atoms. The number of benzene rings is 2. The van der Waals surface area contributed by atoms with Crippen molar-refractivity contribution in [2.75, 3.05) is 36.1 Å². The van der Waals surface area contributed by atoms with Crippen molar-refractivity contribution in [3.05, 3.63) is 65.2 Å². The molecule has 0 bridgehead atoms. The van der Waals surface area contributed by atoms with Crippen molar-refractivity contribution < 1.29 is 14.7 Å². The van der Waals surface area contributed by atoms with Gasteiger partial charge in [0.05, 0.1) is 22.5 Å². The summed E-state index contributed by atoms with van der Waals surface area (Å²) in [6.45, 7) is 6.48. The number of carboxylic acids is 1. The number of piperidine rings is 1. The van der Waals surface area contributed by atoms with E-state index < -0.39 is 5.97 Å². The highest BCUT2D eigenvalue weighted by atomic mass is 16.4. The normalized spacial score (nSPS) is 20.9. The van der Waals surface area contributed by atoms with E-state index in [2.05, 4.69) is 27.0 Å². The van der Waals surface area contributed by atoms with Crippen LogP contribution in [0.4, 0.5) is 11.4 Å². The molecule has 1 amide bonds. The molecular weight excluding hydrogens is 428 g/mol. The zero-order valence-corrected chi connectivity index (χ0v) is 19.5. The number of hydrazone groups is 1. The van der Waals surface area contributed by atoms with E-state index in [1.165, 1.54) is 61.6 Å². The van der Waals surface area contributed by atoms with Crippen LogP contribution in [0.3, 0.4) is 0 Å². The first-order chi connectivity index (χ1) is 16.5. The van der Waals surface area contributed by atoms with E-state index >= 15 is 0 Å². The Labute approximate surface area is 200 Å². The molecule has 0 unspecified atom stereocenters. The quantitative estimate of drug-likeness (QED) is 0.678. The summed E-state index contributed by atoms with van der Waals surface area (Å²) in [5.41, 5.74) is 3.85. The zero-order chi connectivity index (χ0) is 23.7. The van der Waals surface area contributed by atoms with Gasteiger partial charge < -0.3 is 14.9 Å². The third kappa shape index (κ3) is 4.48. The summed E-state index contributed by atoms with van der Waals surface area (Å²) in [5.74, 6) is -1.29. The van der Waals surface area contributed by atoms with Crippen LogP contribution in [0, 0.1) is 0 Å². The minimum Gasteiger partial charge on any atom is -0.478 e. The fraction of sp³-hybridized carbons (Fsp3) is 0.370. The van der Waals surface area contributed by atoms with Crippen LogP contribution >= 0.6 is 0 Å². The van der Waals surface area contributed by atoms with E-state index in [0.717, 1.165) is 24.7 Å². The van der Waals surface area contributed by atoms with E-state index in [0.29, 0.717) is 17.0 Å². The van der Waals surface area contributed by atoms with Crippen LogP contribution in [0.15, 0.2) is 59.2 Å². The number of amides is 1. The first kappa shape index (κ1) is 22.3. The Morgan fingerprint density at radius 2 is 1.71 bits per heavy atom. The molecule has 2 saturated heterocycles. The number of hydrogen-bond acceptors (Lipinski definition) is 5. The Bertz CT molecular complexity index is 1140. The lowest BCUT2D eigenvalue weighted by molar-refractivity contribution is -0.114. The van der Waals surface area contributed by atoms with Crippen molar-refractivity contribution in [3.8, 4) is 0 Å². The Hall–Kier alpha value is -3.45. The van der Waals surface area contributed by atoms with Crippen LogP contribution < -0.4 is 9.91 Å². The Kier molecular flexibility index (Phi) is 6.20. The molecule has 7 nitrogen and oxygen atoms in total. The molecule has 3 aliphatic heterocycles. The van der Waals surface area contributed by atoms with E-state index in [4.69, 9.17) is 0 Å². The van der Waals surface area contributed by atoms with Crippen LogP contribution in [0.2, 0.25) is 0 Å². The van der Waals surface area contributed by atoms with Crippen LogP contribution in [-0.4, -0.2) is 59.8 Å². The van der Waals surface area contributed by atoms with Crippen molar-refractivity contribution in [2.45, 2.75) is 38.6 Å². The van der Waals surface area contributed by atoms with Crippen molar-refractivity contribution in [3.63, 3.8) is 0 Å². The first-order valence-electron chi connectivity index (χ1n) is 12.0. The van der Waals surface area contributed by atoms with Gasteiger partial charge in [0.1, 0.15) is 0 Å². The molecule has 3 aliphatic rings. The number of anilines is 2. The number of nitrogens with zero attached hydrogens (tertiary/aromatic N) is 4. The fourth-order valence-corrected chi connectivity index (χ4v) is 5.17. The SMILES string of the molecule is CC1=NN(c2cccc(C(=O)O)c2)C(=O)/C1=C\c1ccc(N2CCC(N3CCCC3)CC2)cc1. The number of carboxylic acid groups (broad SMARTS) is 1. The molecule has 2 aromatic rings. The molecule has 0 radical (unpaired) electrons. The topological polar surface area (TPSA) is 76.4 Å². The van der Waals surface area contributed by atoms with Crippen LogP contribution in [-0.2, 0) is 4.79 Å². The average Bonchev–Trinajstić information content (AvgIpc) is 3.49. The van der Waals surface area contributed by atoms with Gasteiger partial charge in [-0.3, -0.25) is 4.79 Å². The standard InChI is InChI=1S/C27H30N4O3/c1-19-25(26(32)31(28-19)24-6-4-5-21(18-24)27(33)34)17-20-7-9-22(10-8-20)30-15-11-23(12-16-30)29-13-2-3-14-29/h4-10,17-18,23H,2-3,11-16H2,1H3,(H,33,34)/b25-17-. The molecule has 0 aliphatic carbocycles. The molecule has 176 valence electrons. The van der Waals surface area contributed by atoms with Crippen molar-refractivity contribution in [1.29, 1.82) is 0 Å². The summed E-state index contributed by atoms with van der Waals surface area (Å²) >= 11 is 0. The van der Waals surface area contributed by atoms with E-state index in [1.54, 1.807) is 19.1 Å². The van der Waals surface area contributed by atoms with Gasteiger partial charge in [-0.15, -0.1) is 0 Å². The van der Waals surface area contributed by atoms with Gasteiger partial charge in [0.2, 0.25) is 0 Å². The molecule has 0 atom stereocenters. The summed E-state index contributed by atoms with van der Waals surface area (Å²) in [6, 6.07) is 15.3. The summed E-state index contributed by atoms with van der Waals surface area (Å²) < 4.78 is 0. The fourth-order valence-electron chi connectivity index (χ4n) is 5.17. The zero-order valence-electron chi connectivity index (χ0n) is 19.5. The largest absolute Gasteiger partial charge is 0.478 e. The molecule has 0 saturated carbocycles. The number of rotatable bonds is 5. The molecular formula is C27H30N4O3. The molecule has 0 aromatic heterocycles. The van der Waals surface area contributed by atoms with Gasteiger partial charge in [-0.1, -0.05) is 18.2 Å². The number of aromatic carboxylic acids is 1. The lowest BCUT2D eigenvalue weighted by Crippen LogP contribution is -2.43. The van der Waals surface area contributed by atoms with E-state index in [1.807, 2.05) is 18.2 Å². The van der Waals surface area contributed by atoms with Gasteiger partial charge in [0.25, 0.3) is 5.91 Å². The van der Waals surface area contributed by atoms with Gasteiger partial charge in [0.15, 0.2) is 0 Å². The van der Waals surface area contributed by atoms with E-state index in [-0.39, 0.29) is 11.5 Å². The molecule has 5 rings (SSSR count). The Morgan fingerprint density at radius 3 is 2.38 bits per heavy atom. The summed E-state index contributed by atoms with van der Waals surface area (Å²) in [7, 11) is 0. The molecule has 1 N–H and O–H groups in total. The third-order valence-corrected chi connectivity index (χ3v) is 7.09.